The third-order valence-electron chi connectivity index (χ3n) is 4.23. The van der Waals surface area contributed by atoms with Gasteiger partial charge in [0.05, 0.1) is 15.9 Å². The summed E-state index contributed by atoms with van der Waals surface area (Å²) in [5.74, 6) is -2.30. The van der Waals surface area contributed by atoms with Crippen molar-refractivity contribution in [1.82, 2.24) is 15.5 Å². The summed E-state index contributed by atoms with van der Waals surface area (Å²) >= 11 is 5.57. The van der Waals surface area contributed by atoms with Gasteiger partial charge in [0, 0.05) is 17.8 Å². The summed E-state index contributed by atoms with van der Waals surface area (Å²) in [6, 6.07) is 5.57. The molecule has 1 aromatic heterocycles. The number of nitrogens with one attached hydrogen (secondary N) is 2. The largest absolute Gasteiger partial charge is 0.437 e. The molecule has 186 valence electrons. The quantitative estimate of drug-likeness (QED) is 0.339. The fourth-order valence-corrected chi connectivity index (χ4v) is 2.80. The van der Waals surface area contributed by atoms with E-state index in [0.29, 0.717) is 12.1 Å². The summed E-state index contributed by atoms with van der Waals surface area (Å²) in [7, 11) is 0. The van der Waals surface area contributed by atoms with Gasteiger partial charge in [-0.1, -0.05) is 11.6 Å². The first-order valence-electron chi connectivity index (χ1n) is 9.28. The molecule has 17 heteroatoms. The van der Waals surface area contributed by atoms with Gasteiger partial charge in [-0.2, -0.15) is 13.2 Å². The Hall–Kier alpha value is -4.86. The van der Waals surface area contributed by atoms with Gasteiger partial charge in [0.15, 0.2) is 5.15 Å². The van der Waals surface area contributed by atoms with E-state index in [-0.39, 0.29) is 11.0 Å². The minimum absolute atomic E-state index is 0.0161. The summed E-state index contributed by atoms with van der Waals surface area (Å²) in [4.78, 5) is 44.4. The highest BCUT2D eigenvalue weighted by Crippen LogP contribution is 2.39. The van der Waals surface area contributed by atoms with Crippen LogP contribution in [0.25, 0.3) is 0 Å². The molecule has 1 heterocycles. The molecular weight excluding hydrogens is 517 g/mol. The van der Waals surface area contributed by atoms with Crippen molar-refractivity contribution < 1.29 is 37.3 Å². The van der Waals surface area contributed by atoms with Crippen LogP contribution in [-0.4, -0.2) is 32.0 Å². The molecule has 0 unspecified atom stereocenters. The van der Waals surface area contributed by atoms with Crippen molar-refractivity contribution in [3.63, 3.8) is 0 Å². The maximum absolute atomic E-state index is 13.5. The van der Waals surface area contributed by atoms with Crippen molar-refractivity contribution in [1.29, 1.82) is 0 Å². The topological polar surface area (TPSA) is 179 Å². The number of alkyl halides is 3. The molecule has 0 atom stereocenters. The molecule has 0 spiro atoms. The highest BCUT2D eigenvalue weighted by Gasteiger charge is 2.35. The Bertz CT molecular complexity index is 1370. The van der Waals surface area contributed by atoms with Gasteiger partial charge in [-0.25, -0.2) is 4.79 Å². The zero-order valence-electron chi connectivity index (χ0n) is 17.3. The average Bonchev–Trinajstić information content (AvgIpc) is 2.80. The van der Waals surface area contributed by atoms with Crippen molar-refractivity contribution in [3.05, 3.63) is 85.0 Å². The highest BCUT2D eigenvalue weighted by molar-refractivity contribution is 6.29. The Morgan fingerprint density at radius 2 is 1.69 bits per heavy atom. The smallest absolute Gasteiger partial charge is 0.420 e. The molecule has 0 fully saturated rings. The number of carbonyl (C=O) groups is 2. The van der Waals surface area contributed by atoms with E-state index in [2.05, 4.69) is 10.2 Å². The minimum atomic E-state index is -4.93. The first-order chi connectivity index (χ1) is 16.8. The Morgan fingerprint density at radius 3 is 2.28 bits per heavy atom. The molecule has 0 aliphatic heterocycles. The average molecular weight is 527 g/mol. The predicted molar refractivity (Wildman–Crippen MR) is 115 cm³/mol. The molecular formula is C19H10ClF3N6O7. The maximum atomic E-state index is 13.5. The lowest BCUT2D eigenvalue weighted by Gasteiger charge is -2.15. The van der Waals surface area contributed by atoms with Gasteiger partial charge in [0.1, 0.15) is 16.9 Å². The second-order valence-electron chi connectivity index (χ2n) is 6.63. The zero-order chi connectivity index (χ0) is 26.6. The number of non-ortho nitro benzene ring substituents is 1. The van der Waals surface area contributed by atoms with Crippen LogP contribution < -0.4 is 15.4 Å². The zero-order valence-corrected chi connectivity index (χ0v) is 18.0. The van der Waals surface area contributed by atoms with E-state index in [1.54, 1.807) is 5.32 Å². The van der Waals surface area contributed by atoms with Gasteiger partial charge in [-0.15, -0.1) is 10.2 Å². The van der Waals surface area contributed by atoms with Crippen molar-refractivity contribution >= 4 is 40.6 Å². The summed E-state index contributed by atoms with van der Waals surface area (Å²) in [6.45, 7) is 0. The molecule has 13 nitrogen and oxygen atoms in total. The summed E-state index contributed by atoms with van der Waals surface area (Å²) in [5, 5.41) is 32.6. The predicted octanol–water partition coefficient (Wildman–Crippen LogP) is 4.72. The number of anilines is 1. The summed E-state index contributed by atoms with van der Waals surface area (Å²) in [5.41, 5.74) is -4.05. The second-order valence-corrected chi connectivity index (χ2v) is 7.02. The number of nitro groups is 2. The number of rotatable bonds is 6. The van der Waals surface area contributed by atoms with E-state index in [4.69, 9.17) is 16.3 Å². The van der Waals surface area contributed by atoms with Crippen LogP contribution in [-0.2, 0) is 6.18 Å². The lowest BCUT2D eigenvalue weighted by Crippen LogP contribution is -2.34. The molecule has 2 aromatic carbocycles. The number of nitrogens with zero attached hydrogens (tertiary/aromatic N) is 4. The number of carbonyl (C=O) groups excluding carboxylic acids is 2. The van der Waals surface area contributed by atoms with E-state index in [1.807, 2.05) is 5.32 Å². The van der Waals surface area contributed by atoms with Crippen molar-refractivity contribution in [3.8, 4) is 11.6 Å². The van der Waals surface area contributed by atoms with E-state index in [9.17, 15) is 43.0 Å². The van der Waals surface area contributed by atoms with Crippen LogP contribution in [0.15, 0.2) is 48.5 Å². The fourth-order valence-electron chi connectivity index (χ4n) is 2.70. The minimum Gasteiger partial charge on any atom is -0.437 e. The van der Waals surface area contributed by atoms with Crippen molar-refractivity contribution in [2.75, 3.05) is 5.32 Å². The molecule has 3 amide bonds. The number of hydrogen-bond acceptors (Lipinski definition) is 9. The van der Waals surface area contributed by atoms with Crippen LogP contribution in [0.2, 0.25) is 5.15 Å². The van der Waals surface area contributed by atoms with Gasteiger partial charge in [0.2, 0.25) is 5.88 Å². The number of halogens is 4. The molecule has 0 bridgehead atoms. The summed E-state index contributed by atoms with van der Waals surface area (Å²) < 4.78 is 45.7. The third-order valence-corrected chi connectivity index (χ3v) is 4.43. The molecule has 2 N–H and O–H groups in total. The Balaban J connectivity index is 1.79. The number of urea groups is 1. The first kappa shape index (κ1) is 25.8. The van der Waals surface area contributed by atoms with Gasteiger partial charge in [0.25, 0.3) is 17.3 Å². The van der Waals surface area contributed by atoms with Crippen molar-refractivity contribution in [2.45, 2.75) is 6.18 Å². The normalized spacial score (nSPS) is 10.9. The van der Waals surface area contributed by atoms with Crippen LogP contribution in [0.5, 0.6) is 11.6 Å². The monoisotopic (exact) mass is 526 g/mol. The van der Waals surface area contributed by atoms with Crippen molar-refractivity contribution in [2.24, 2.45) is 0 Å². The number of amides is 3. The molecule has 0 aliphatic rings. The van der Waals surface area contributed by atoms with Gasteiger partial charge in [-0.05, 0) is 30.3 Å². The van der Waals surface area contributed by atoms with Crippen LogP contribution in [0.3, 0.4) is 0 Å². The number of hydrogen-bond donors (Lipinski definition) is 2. The van der Waals surface area contributed by atoms with Gasteiger partial charge < -0.3 is 10.1 Å². The first-order valence-corrected chi connectivity index (χ1v) is 9.66. The standard InChI is InChI=1S/C19H10ClF3N6O7/c20-15-5-6-16(27-26-15)36-14-4-1-9(7-12(14)19(21,22)23)24-18(31)25-17(30)11-3-2-10(28(32)33)8-13(11)29(34)35/h1-8H,(H2,24,25,30,31). The van der Waals surface area contributed by atoms with Crippen LogP contribution in [0.1, 0.15) is 15.9 Å². The van der Waals surface area contributed by atoms with E-state index in [0.717, 1.165) is 24.3 Å². The van der Waals surface area contributed by atoms with Crippen LogP contribution in [0.4, 0.5) is 35.0 Å². The lowest BCUT2D eigenvalue weighted by molar-refractivity contribution is -0.394. The number of benzene rings is 2. The molecule has 3 rings (SSSR count). The van der Waals surface area contributed by atoms with E-state index in [1.165, 1.54) is 12.1 Å². The Labute approximate surface area is 202 Å². The van der Waals surface area contributed by atoms with Gasteiger partial charge >= 0.3 is 12.2 Å². The molecule has 0 saturated heterocycles. The molecule has 36 heavy (non-hydrogen) atoms. The highest BCUT2D eigenvalue weighted by atomic mass is 35.5. The molecule has 0 radical (unpaired) electrons. The Morgan fingerprint density at radius 1 is 0.972 bits per heavy atom. The number of nitro benzene ring substituents is 2. The maximum Gasteiger partial charge on any atom is 0.420 e. The number of aromatic nitrogens is 2. The molecule has 3 aromatic rings. The van der Waals surface area contributed by atoms with Crippen LogP contribution in [0, 0.1) is 20.2 Å². The van der Waals surface area contributed by atoms with E-state index < -0.39 is 61.9 Å². The van der Waals surface area contributed by atoms with Crippen LogP contribution >= 0.6 is 11.6 Å². The number of imide groups is 1. The lowest BCUT2D eigenvalue weighted by atomic mass is 10.1. The van der Waals surface area contributed by atoms with E-state index >= 15 is 0 Å². The molecule has 0 aliphatic carbocycles. The number of ether oxygens (including phenoxy) is 1. The third kappa shape index (κ3) is 6.17. The SMILES string of the molecule is O=C(NC(=O)c1ccc([N+](=O)[O-])cc1[N+](=O)[O-])Nc1ccc(Oc2ccc(Cl)nn2)c(C(F)(F)F)c1. The summed E-state index contributed by atoms with van der Waals surface area (Å²) in [6.07, 6.45) is -4.93. The molecule has 0 saturated carbocycles. The Kier molecular flexibility index (Phi) is 7.28. The second kappa shape index (κ2) is 10.2. The van der Waals surface area contributed by atoms with Gasteiger partial charge in [-0.3, -0.25) is 30.3 Å². The fraction of sp³-hybridized carbons (Fsp3) is 0.0526.